The predicted octanol–water partition coefficient (Wildman–Crippen LogP) is -2.27. The topological polar surface area (TPSA) is 74.6 Å². The van der Waals surface area contributed by atoms with Crippen molar-refractivity contribution in [3.05, 3.63) is 6.92 Å². The maximum atomic E-state index is 9.43. The van der Waals surface area contributed by atoms with Gasteiger partial charge >= 0.3 is 60.4 Å². The second-order valence-corrected chi connectivity index (χ2v) is 4.82. The van der Waals surface area contributed by atoms with Gasteiger partial charge in [-0.25, -0.2) is 0 Å². The van der Waals surface area contributed by atoms with Crippen molar-refractivity contribution in [2.24, 2.45) is 11.8 Å². The molecule has 1 unspecified atom stereocenters. The third-order valence-electron chi connectivity index (χ3n) is 2.67. The number of hydrogen-bond acceptors (Lipinski definition) is 2. The zero-order valence-electron chi connectivity index (χ0n) is 14.8. The average Bonchev–Trinajstić information content (AvgIpc) is 2.22. The first-order valence-corrected chi connectivity index (χ1v) is 6.57. The van der Waals surface area contributed by atoms with Gasteiger partial charge in [0.2, 0.25) is 0 Å². The summed E-state index contributed by atoms with van der Waals surface area (Å²) in [5.74, 6) is -1.19. The van der Waals surface area contributed by atoms with Crippen LogP contribution in [0.15, 0.2) is 0 Å². The minimum absolute atomic E-state index is 0. The summed E-state index contributed by atoms with van der Waals surface area (Å²) in [5.41, 5.74) is 0. The Hall–Kier alpha value is 0.537. The molecule has 4 nitrogen and oxygen atoms in total. The summed E-state index contributed by atoms with van der Waals surface area (Å²) in [6.45, 7) is 10.9. The Morgan fingerprint density at radius 1 is 1.10 bits per heavy atom. The standard InChI is InChI=1S/C11H23.C3H4O4.Li.Na.H/c1-5-6-7-8-9-11(4)10(2)3;4-2(5)1-3(6)7;;;/h10-11H,4-9H2,1-3H3;1H2,(H,4,5)(H,6,7);;;/q-1;;2*+1;-1. The van der Waals surface area contributed by atoms with Crippen LogP contribution in [0.3, 0.4) is 0 Å². The Bertz CT molecular complexity index is 229. The molecule has 1 atom stereocenters. The van der Waals surface area contributed by atoms with Gasteiger partial charge in [-0.3, -0.25) is 9.59 Å². The van der Waals surface area contributed by atoms with Crippen LogP contribution in [0, 0.1) is 18.8 Å². The van der Waals surface area contributed by atoms with Crippen molar-refractivity contribution in [1.29, 1.82) is 0 Å². The third-order valence-corrected chi connectivity index (χ3v) is 2.67. The molecule has 0 aliphatic heterocycles. The molecular formula is C14H28LiNaO4. The van der Waals surface area contributed by atoms with Crippen LogP contribution in [0.4, 0.5) is 0 Å². The molecule has 0 bridgehead atoms. The van der Waals surface area contributed by atoms with Gasteiger partial charge in [0, 0.05) is 0 Å². The molecule has 0 radical (unpaired) electrons. The zero-order valence-corrected chi connectivity index (χ0v) is 15.8. The van der Waals surface area contributed by atoms with E-state index < -0.39 is 18.4 Å². The fourth-order valence-electron chi connectivity index (χ4n) is 1.30. The van der Waals surface area contributed by atoms with Gasteiger partial charge in [0.05, 0.1) is 0 Å². The quantitative estimate of drug-likeness (QED) is 0.229. The molecule has 0 aromatic rings. The van der Waals surface area contributed by atoms with Crippen LogP contribution in [-0.4, -0.2) is 22.2 Å². The molecule has 0 aliphatic rings. The van der Waals surface area contributed by atoms with E-state index in [1.165, 1.54) is 32.1 Å². The number of carbonyl (C=O) groups is 2. The van der Waals surface area contributed by atoms with Gasteiger partial charge in [0.1, 0.15) is 6.42 Å². The Kier molecular flexibility index (Phi) is 28.0. The summed E-state index contributed by atoms with van der Waals surface area (Å²) >= 11 is 0. The van der Waals surface area contributed by atoms with Gasteiger partial charge in [-0.1, -0.05) is 58.8 Å². The number of aliphatic carboxylic acids is 2. The second kappa shape index (κ2) is 19.5. The van der Waals surface area contributed by atoms with Crippen LogP contribution in [-0.2, 0) is 9.59 Å². The van der Waals surface area contributed by atoms with E-state index in [1.54, 1.807) is 0 Å². The molecular weight excluding hydrogens is 262 g/mol. The zero-order chi connectivity index (χ0) is 14.6. The van der Waals surface area contributed by atoms with Crippen LogP contribution >= 0.6 is 0 Å². The first kappa shape index (κ1) is 28.7. The minimum atomic E-state index is -1.31. The Morgan fingerprint density at radius 2 is 1.55 bits per heavy atom. The molecule has 110 valence electrons. The number of rotatable bonds is 8. The van der Waals surface area contributed by atoms with Gasteiger partial charge in [0.25, 0.3) is 0 Å². The molecule has 6 heteroatoms. The molecule has 0 aliphatic carbocycles. The number of hydrogen-bond donors (Lipinski definition) is 2. The van der Waals surface area contributed by atoms with E-state index in [9.17, 15) is 9.59 Å². The molecule has 0 heterocycles. The summed E-state index contributed by atoms with van der Waals surface area (Å²) in [7, 11) is 0. The SMILES string of the molecule is O=C(O)CC(=O)O.[CH2-]C(CCCCCC)C(C)C.[H-].[Li+].[Na+]. The normalized spacial score (nSPS) is 10.4. The Balaban J connectivity index is -0.0000000762. The van der Waals surface area contributed by atoms with Crippen LogP contribution in [0.2, 0.25) is 0 Å². The van der Waals surface area contributed by atoms with Crippen molar-refractivity contribution in [2.45, 2.75) is 59.3 Å². The van der Waals surface area contributed by atoms with Gasteiger partial charge < -0.3 is 18.6 Å². The summed E-state index contributed by atoms with van der Waals surface area (Å²) in [6.07, 6.45) is 6.02. The van der Waals surface area contributed by atoms with E-state index in [2.05, 4.69) is 27.7 Å². The smallest absolute Gasteiger partial charge is 1.00 e. The van der Waals surface area contributed by atoms with E-state index in [0.29, 0.717) is 5.92 Å². The van der Waals surface area contributed by atoms with Gasteiger partial charge in [0.15, 0.2) is 0 Å². The van der Waals surface area contributed by atoms with Gasteiger partial charge in [-0.2, -0.15) is 5.92 Å². The number of carboxylic acids is 2. The molecule has 0 saturated carbocycles. The average molecular weight is 290 g/mol. The summed E-state index contributed by atoms with van der Waals surface area (Å²) in [5, 5.41) is 15.4. The first-order chi connectivity index (χ1) is 8.31. The summed E-state index contributed by atoms with van der Waals surface area (Å²) in [6, 6.07) is 0. The van der Waals surface area contributed by atoms with E-state index in [4.69, 9.17) is 10.2 Å². The molecule has 0 spiro atoms. The molecule has 2 N–H and O–H groups in total. The largest absolute Gasteiger partial charge is 1.00 e. The van der Waals surface area contributed by atoms with Crippen LogP contribution in [0.25, 0.3) is 0 Å². The molecule has 0 saturated heterocycles. The first-order valence-electron chi connectivity index (χ1n) is 6.57. The monoisotopic (exact) mass is 290 g/mol. The predicted molar refractivity (Wildman–Crippen MR) is 73.4 cm³/mol. The van der Waals surface area contributed by atoms with Crippen molar-refractivity contribution in [3.8, 4) is 0 Å². The number of unbranched alkanes of at least 4 members (excludes halogenated alkanes) is 3. The van der Waals surface area contributed by atoms with Crippen molar-refractivity contribution in [1.82, 2.24) is 0 Å². The molecule has 0 fully saturated rings. The summed E-state index contributed by atoms with van der Waals surface area (Å²) in [4.78, 5) is 18.9. The molecule has 0 aromatic carbocycles. The molecule has 20 heavy (non-hydrogen) atoms. The molecule has 0 rings (SSSR count). The van der Waals surface area contributed by atoms with Crippen molar-refractivity contribution >= 4 is 11.9 Å². The van der Waals surface area contributed by atoms with E-state index >= 15 is 0 Å². The van der Waals surface area contributed by atoms with E-state index in [1.807, 2.05) is 0 Å². The maximum Gasteiger partial charge on any atom is 1.00 e. The van der Waals surface area contributed by atoms with E-state index in [-0.39, 0.29) is 49.8 Å². The Morgan fingerprint density at radius 3 is 1.80 bits per heavy atom. The third kappa shape index (κ3) is 27.0. The van der Waals surface area contributed by atoms with Crippen molar-refractivity contribution in [3.63, 3.8) is 0 Å². The number of carboxylic acid groups (broad SMARTS) is 2. The molecule has 0 amide bonds. The van der Waals surface area contributed by atoms with Crippen LogP contribution < -0.4 is 48.4 Å². The fourth-order valence-corrected chi connectivity index (χ4v) is 1.30. The van der Waals surface area contributed by atoms with Crippen molar-refractivity contribution in [2.75, 3.05) is 0 Å². The van der Waals surface area contributed by atoms with Gasteiger partial charge in [-0.15, -0.1) is 0 Å². The van der Waals surface area contributed by atoms with E-state index in [0.717, 1.165) is 5.92 Å². The van der Waals surface area contributed by atoms with Crippen molar-refractivity contribution < 1.29 is 69.6 Å². The maximum absolute atomic E-state index is 9.43. The van der Waals surface area contributed by atoms with Crippen LogP contribution in [0.1, 0.15) is 60.7 Å². The Labute approximate surface area is 159 Å². The van der Waals surface area contributed by atoms with Gasteiger partial charge in [-0.05, 0) is 0 Å². The summed E-state index contributed by atoms with van der Waals surface area (Å²) < 4.78 is 0. The van der Waals surface area contributed by atoms with Crippen LogP contribution in [0.5, 0.6) is 0 Å². The fraction of sp³-hybridized carbons (Fsp3) is 0.786. The second-order valence-electron chi connectivity index (χ2n) is 4.82. The molecule has 0 aromatic heterocycles. The minimum Gasteiger partial charge on any atom is -1.00 e.